The van der Waals surface area contributed by atoms with Crippen LogP contribution in [0.25, 0.3) is 5.69 Å². The molecule has 8 nitrogen and oxygen atoms in total. The number of halogens is 1. The maximum atomic E-state index is 5.25. The van der Waals surface area contributed by atoms with Crippen molar-refractivity contribution in [2.75, 3.05) is 45.2 Å². The van der Waals surface area contributed by atoms with Crippen molar-refractivity contribution < 1.29 is 4.74 Å². The van der Waals surface area contributed by atoms with Crippen molar-refractivity contribution in [1.82, 2.24) is 25.0 Å². The first-order chi connectivity index (χ1) is 14.8. The molecule has 0 saturated carbocycles. The molecule has 0 radical (unpaired) electrons. The lowest BCUT2D eigenvalue weighted by Crippen LogP contribution is -2.52. The first-order valence-electron chi connectivity index (χ1n) is 10.1. The Morgan fingerprint density at radius 1 is 1.00 bits per heavy atom. The standard InChI is InChI=1S/C22H27N7O.HI/c1-23-22(24-16-21-26-25-17-29(21)19-6-4-3-5-7-19)28-14-12-27(13-15-28)18-8-10-20(30-2)11-9-18;/h3-11,17H,12-16H2,1-2H3,(H,23,24);1H. The first-order valence-corrected chi connectivity index (χ1v) is 10.1. The molecule has 3 aromatic rings. The summed E-state index contributed by atoms with van der Waals surface area (Å²) < 4.78 is 7.24. The minimum Gasteiger partial charge on any atom is -0.497 e. The number of piperazine rings is 1. The number of para-hydroxylation sites is 1. The van der Waals surface area contributed by atoms with Crippen molar-refractivity contribution in [2.45, 2.75) is 6.54 Å². The minimum absolute atomic E-state index is 0. The van der Waals surface area contributed by atoms with Crippen LogP contribution in [0.15, 0.2) is 65.9 Å². The van der Waals surface area contributed by atoms with E-state index in [1.807, 2.05) is 54.1 Å². The normalized spacial score (nSPS) is 14.2. The molecule has 1 aliphatic rings. The van der Waals surface area contributed by atoms with Crippen LogP contribution in [-0.4, -0.2) is 66.0 Å². The van der Waals surface area contributed by atoms with Crippen LogP contribution in [0.3, 0.4) is 0 Å². The summed E-state index contributed by atoms with van der Waals surface area (Å²) in [7, 11) is 3.51. The maximum absolute atomic E-state index is 5.25. The number of ether oxygens (including phenoxy) is 1. The molecule has 1 N–H and O–H groups in total. The zero-order valence-electron chi connectivity index (χ0n) is 17.8. The number of aliphatic imine (C=N–C) groups is 1. The van der Waals surface area contributed by atoms with E-state index < -0.39 is 0 Å². The molecule has 1 aliphatic heterocycles. The Morgan fingerprint density at radius 2 is 1.71 bits per heavy atom. The number of hydrogen-bond acceptors (Lipinski definition) is 5. The van der Waals surface area contributed by atoms with Gasteiger partial charge in [-0.2, -0.15) is 0 Å². The number of nitrogens with zero attached hydrogens (tertiary/aromatic N) is 6. The second kappa shape index (κ2) is 11.0. The zero-order chi connectivity index (χ0) is 20.8. The third kappa shape index (κ3) is 5.46. The van der Waals surface area contributed by atoms with Gasteiger partial charge in [0.2, 0.25) is 0 Å². The van der Waals surface area contributed by atoms with Crippen molar-refractivity contribution in [3.05, 3.63) is 66.7 Å². The lowest BCUT2D eigenvalue weighted by molar-refractivity contribution is 0.371. The molecule has 0 aliphatic carbocycles. The monoisotopic (exact) mass is 533 g/mol. The first kappa shape index (κ1) is 22.9. The largest absolute Gasteiger partial charge is 0.497 e. The number of nitrogens with one attached hydrogen (secondary N) is 1. The summed E-state index contributed by atoms with van der Waals surface area (Å²) in [5, 5.41) is 11.8. The zero-order valence-corrected chi connectivity index (χ0v) is 20.1. The Kier molecular flexibility index (Phi) is 8.10. The van der Waals surface area contributed by atoms with Crippen LogP contribution < -0.4 is 15.0 Å². The Balaban J connectivity index is 0.00000272. The van der Waals surface area contributed by atoms with E-state index >= 15 is 0 Å². The van der Waals surface area contributed by atoms with Crippen LogP contribution in [0, 0.1) is 0 Å². The van der Waals surface area contributed by atoms with E-state index in [1.165, 1.54) is 5.69 Å². The molecule has 164 valence electrons. The van der Waals surface area contributed by atoms with Crippen LogP contribution in [0.5, 0.6) is 5.75 Å². The van der Waals surface area contributed by atoms with Gasteiger partial charge in [-0.1, -0.05) is 18.2 Å². The summed E-state index contributed by atoms with van der Waals surface area (Å²) in [5.74, 6) is 2.61. The smallest absolute Gasteiger partial charge is 0.194 e. The molecule has 2 aromatic carbocycles. The van der Waals surface area contributed by atoms with Gasteiger partial charge >= 0.3 is 0 Å². The maximum Gasteiger partial charge on any atom is 0.194 e. The van der Waals surface area contributed by atoms with Gasteiger partial charge in [0.15, 0.2) is 11.8 Å². The third-order valence-corrected chi connectivity index (χ3v) is 5.29. The Bertz CT molecular complexity index is 967. The second-order valence-corrected chi connectivity index (χ2v) is 7.03. The summed E-state index contributed by atoms with van der Waals surface area (Å²) in [6.45, 7) is 4.23. The lowest BCUT2D eigenvalue weighted by Gasteiger charge is -2.37. The van der Waals surface area contributed by atoms with Gasteiger partial charge in [0, 0.05) is 44.6 Å². The number of methoxy groups -OCH3 is 1. The highest BCUT2D eigenvalue weighted by atomic mass is 127. The summed E-state index contributed by atoms with van der Waals surface area (Å²) in [6.07, 6.45) is 1.74. The average molecular weight is 533 g/mol. The van der Waals surface area contributed by atoms with Gasteiger partial charge < -0.3 is 19.9 Å². The molecule has 0 amide bonds. The highest BCUT2D eigenvalue weighted by molar-refractivity contribution is 14.0. The number of anilines is 1. The molecule has 4 rings (SSSR count). The molecule has 1 saturated heterocycles. The van der Waals surface area contributed by atoms with Gasteiger partial charge in [-0.15, -0.1) is 34.2 Å². The third-order valence-electron chi connectivity index (χ3n) is 5.29. The van der Waals surface area contributed by atoms with E-state index in [9.17, 15) is 0 Å². The molecule has 0 unspecified atom stereocenters. The Labute approximate surface area is 200 Å². The number of rotatable bonds is 5. The predicted molar refractivity (Wildman–Crippen MR) is 134 cm³/mol. The quantitative estimate of drug-likeness (QED) is 0.309. The van der Waals surface area contributed by atoms with Gasteiger partial charge in [0.1, 0.15) is 12.1 Å². The van der Waals surface area contributed by atoms with E-state index in [0.717, 1.165) is 49.4 Å². The van der Waals surface area contributed by atoms with Crippen molar-refractivity contribution in [3.63, 3.8) is 0 Å². The fourth-order valence-corrected chi connectivity index (χ4v) is 3.64. The van der Waals surface area contributed by atoms with Crippen LogP contribution >= 0.6 is 24.0 Å². The number of hydrogen-bond donors (Lipinski definition) is 1. The summed E-state index contributed by atoms with van der Waals surface area (Å²) in [5.41, 5.74) is 2.26. The fourth-order valence-electron chi connectivity index (χ4n) is 3.64. The molecule has 2 heterocycles. The molecule has 0 atom stereocenters. The van der Waals surface area contributed by atoms with Gasteiger partial charge in [0.05, 0.1) is 13.7 Å². The second-order valence-electron chi connectivity index (χ2n) is 7.03. The lowest BCUT2D eigenvalue weighted by atomic mass is 10.2. The molecule has 9 heteroatoms. The van der Waals surface area contributed by atoms with E-state index in [2.05, 4.69) is 42.4 Å². The molecular weight excluding hydrogens is 505 g/mol. The molecule has 31 heavy (non-hydrogen) atoms. The number of benzene rings is 2. The van der Waals surface area contributed by atoms with Crippen molar-refractivity contribution >= 4 is 35.6 Å². The van der Waals surface area contributed by atoms with Crippen LogP contribution in [0.2, 0.25) is 0 Å². The molecule has 0 spiro atoms. The van der Waals surface area contributed by atoms with E-state index in [0.29, 0.717) is 6.54 Å². The SMILES string of the molecule is CN=C(NCc1nncn1-c1ccccc1)N1CCN(c2ccc(OC)cc2)CC1.I. The topological polar surface area (TPSA) is 70.8 Å². The van der Waals surface area contributed by atoms with Crippen molar-refractivity contribution in [1.29, 1.82) is 0 Å². The summed E-state index contributed by atoms with van der Waals surface area (Å²) in [6, 6.07) is 18.3. The van der Waals surface area contributed by atoms with Gasteiger partial charge in [-0.3, -0.25) is 9.56 Å². The van der Waals surface area contributed by atoms with E-state index in [4.69, 9.17) is 4.74 Å². The Hall–Kier alpha value is -2.82. The minimum atomic E-state index is 0. The predicted octanol–water partition coefficient (Wildman–Crippen LogP) is 2.79. The molecule has 1 aromatic heterocycles. The molecule has 1 fully saturated rings. The molecule has 0 bridgehead atoms. The number of aromatic nitrogens is 3. The van der Waals surface area contributed by atoms with Gasteiger partial charge in [-0.25, -0.2) is 0 Å². The van der Waals surface area contributed by atoms with Gasteiger partial charge in [-0.05, 0) is 36.4 Å². The van der Waals surface area contributed by atoms with E-state index in [-0.39, 0.29) is 24.0 Å². The van der Waals surface area contributed by atoms with Crippen LogP contribution in [0.4, 0.5) is 5.69 Å². The van der Waals surface area contributed by atoms with Crippen molar-refractivity contribution in [3.8, 4) is 11.4 Å². The highest BCUT2D eigenvalue weighted by Crippen LogP contribution is 2.20. The summed E-state index contributed by atoms with van der Waals surface area (Å²) >= 11 is 0. The molecular formula is C22H28IN7O. The van der Waals surface area contributed by atoms with E-state index in [1.54, 1.807) is 13.4 Å². The summed E-state index contributed by atoms with van der Waals surface area (Å²) in [4.78, 5) is 9.14. The van der Waals surface area contributed by atoms with Gasteiger partial charge in [0.25, 0.3) is 0 Å². The highest BCUT2D eigenvalue weighted by Gasteiger charge is 2.20. The Morgan fingerprint density at radius 3 is 2.35 bits per heavy atom. The van der Waals surface area contributed by atoms with Crippen LogP contribution in [-0.2, 0) is 6.54 Å². The fraction of sp³-hybridized carbons (Fsp3) is 0.318. The van der Waals surface area contributed by atoms with Crippen LogP contribution in [0.1, 0.15) is 5.82 Å². The van der Waals surface area contributed by atoms with Crippen molar-refractivity contribution in [2.24, 2.45) is 4.99 Å². The average Bonchev–Trinajstić information content (AvgIpc) is 3.29. The number of guanidine groups is 1.